The number of allylic oxidation sites excluding steroid dienone is 2. The lowest BCUT2D eigenvalue weighted by Gasteiger charge is -2.41. The van der Waals surface area contributed by atoms with E-state index in [1.165, 1.54) is 225 Å². The SMILES string of the molecule is CCCCCCCCCC/C=C\CCCCCCCCCCCCCCCCOCC(COC1OC(CO)C(O)C(OS(=O)(=O)O)C1O)OC(=O)CCCCCCCCCCCCCCCCCCCC. The Bertz CT molecular complexity index is 1280. The summed E-state index contributed by atoms with van der Waals surface area (Å²) in [6, 6.07) is 0. The van der Waals surface area contributed by atoms with Crippen LogP contribution in [0.15, 0.2) is 12.2 Å². The molecule has 0 saturated carbocycles. The number of rotatable bonds is 54. The van der Waals surface area contributed by atoms with Crippen LogP contribution in [-0.4, -0.2) is 97.5 Å². The van der Waals surface area contributed by atoms with E-state index in [0.717, 1.165) is 38.5 Å². The molecule has 1 saturated heterocycles. The first-order valence-corrected chi connectivity index (χ1v) is 31.3. The zero-order valence-electron chi connectivity index (χ0n) is 45.8. The summed E-state index contributed by atoms with van der Waals surface area (Å²) in [6.07, 6.45) is 49.7. The Morgan fingerprint density at radius 3 is 1.27 bits per heavy atom. The van der Waals surface area contributed by atoms with Gasteiger partial charge >= 0.3 is 16.4 Å². The fraction of sp³-hybridized carbons (Fsp3) is 0.948. The number of ether oxygens (including phenoxy) is 4. The van der Waals surface area contributed by atoms with Gasteiger partial charge in [-0.1, -0.05) is 257 Å². The van der Waals surface area contributed by atoms with Crippen LogP contribution in [0.25, 0.3) is 0 Å². The number of esters is 1. The summed E-state index contributed by atoms with van der Waals surface area (Å²) < 4.78 is 59.5. The van der Waals surface area contributed by atoms with Crippen molar-refractivity contribution in [2.45, 2.75) is 327 Å². The third-order valence-electron chi connectivity index (χ3n) is 14.1. The Kier molecular flexibility index (Phi) is 47.5. The van der Waals surface area contributed by atoms with Crippen molar-refractivity contribution in [3.8, 4) is 0 Å². The van der Waals surface area contributed by atoms with Crippen molar-refractivity contribution in [1.29, 1.82) is 0 Å². The Hall–Kier alpha value is -1.16. The molecule has 422 valence electrons. The summed E-state index contributed by atoms with van der Waals surface area (Å²) in [5, 5.41) is 30.8. The minimum atomic E-state index is -5.06. The van der Waals surface area contributed by atoms with Crippen LogP contribution < -0.4 is 0 Å². The molecule has 71 heavy (non-hydrogen) atoms. The molecule has 0 aliphatic carbocycles. The molecule has 6 atom stereocenters. The van der Waals surface area contributed by atoms with E-state index in [1.54, 1.807) is 0 Å². The number of hydrogen-bond donors (Lipinski definition) is 4. The molecule has 1 heterocycles. The number of carbonyl (C=O) groups is 1. The minimum Gasteiger partial charge on any atom is -0.457 e. The summed E-state index contributed by atoms with van der Waals surface area (Å²) >= 11 is 0. The molecular formula is C58H112O12S. The number of aliphatic hydroxyl groups is 3. The van der Waals surface area contributed by atoms with Crippen LogP contribution in [-0.2, 0) is 38.3 Å². The average Bonchev–Trinajstić information content (AvgIpc) is 3.35. The maximum Gasteiger partial charge on any atom is 0.397 e. The maximum atomic E-state index is 13.0. The van der Waals surface area contributed by atoms with E-state index in [4.69, 9.17) is 18.9 Å². The van der Waals surface area contributed by atoms with Gasteiger partial charge in [0.1, 0.15) is 30.5 Å². The highest BCUT2D eigenvalue weighted by Gasteiger charge is 2.48. The molecule has 0 spiro atoms. The van der Waals surface area contributed by atoms with Gasteiger partial charge in [0, 0.05) is 13.0 Å². The molecule has 1 fully saturated rings. The molecule has 1 aliphatic heterocycles. The normalized spacial score (nSPS) is 19.0. The Morgan fingerprint density at radius 2 is 0.887 bits per heavy atom. The average molecular weight is 1030 g/mol. The van der Waals surface area contributed by atoms with Crippen LogP contribution in [0.5, 0.6) is 0 Å². The van der Waals surface area contributed by atoms with Gasteiger partial charge in [0.15, 0.2) is 6.29 Å². The van der Waals surface area contributed by atoms with Crippen molar-refractivity contribution in [2.75, 3.05) is 26.4 Å². The van der Waals surface area contributed by atoms with Crippen LogP contribution in [0, 0.1) is 0 Å². The van der Waals surface area contributed by atoms with E-state index >= 15 is 0 Å². The molecule has 0 bridgehead atoms. The van der Waals surface area contributed by atoms with Gasteiger partial charge in [-0.15, -0.1) is 0 Å². The molecule has 13 heteroatoms. The Labute approximate surface area is 436 Å². The van der Waals surface area contributed by atoms with E-state index < -0.39 is 59.8 Å². The van der Waals surface area contributed by atoms with E-state index in [1.807, 2.05) is 0 Å². The highest BCUT2D eigenvalue weighted by atomic mass is 32.3. The fourth-order valence-electron chi connectivity index (χ4n) is 9.61. The predicted molar refractivity (Wildman–Crippen MR) is 290 cm³/mol. The largest absolute Gasteiger partial charge is 0.457 e. The molecule has 12 nitrogen and oxygen atoms in total. The van der Waals surface area contributed by atoms with Gasteiger partial charge in [-0.05, 0) is 38.5 Å². The summed E-state index contributed by atoms with van der Waals surface area (Å²) in [5.74, 6) is -0.391. The van der Waals surface area contributed by atoms with Crippen LogP contribution in [0.1, 0.15) is 290 Å². The molecule has 0 aromatic carbocycles. The van der Waals surface area contributed by atoms with Crippen molar-refractivity contribution >= 4 is 16.4 Å². The van der Waals surface area contributed by atoms with Crippen molar-refractivity contribution < 1.29 is 56.2 Å². The lowest BCUT2D eigenvalue weighted by molar-refractivity contribution is -0.301. The van der Waals surface area contributed by atoms with Gasteiger partial charge < -0.3 is 34.3 Å². The van der Waals surface area contributed by atoms with E-state index in [0.29, 0.717) is 13.0 Å². The smallest absolute Gasteiger partial charge is 0.397 e. The van der Waals surface area contributed by atoms with Crippen LogP contribution in [0.3, 0.4) is 0 Å². The van der Waals surface area contributed by atoms with Gasteiger partial charge in [0.2, 0.25) is 0 Å². The van der Waals surface area contributed by atoms with Crippen LogP contribution in [0.4, 0.5) is 0 Å². The Morgan fingerprint density at radius 1 is 0.521 bits per heavy atom. The lowest BCUT2D eigenvalue weighted by Crippen LogP contribution is -2.60. The maximum absolute atomic E-state index is 13.0. The first-order chi connectivity index (χ1) is 34.6. The summed E-state index contributed by atoms with van der Waals surface area (Å²) in [5.41, 5.74) is 0. The minimum absolute atomic E-state index is 0.0431. The standard InChI is InChI=1S/C58H112O12S/c1-3-5-7-9-11-13-15-17-19-21-23-24-25-26-27-28-29-30-32-34-36-38-40-42-44-46-48-66-50-52(51-67-58-56(62)57(70-71(63,64)65)55(61)53(49-59)69-58)68-54(60)47-45-43-41-39-37-35-33-31-22-20-18-16-14-12-10-8-6-4-2/h21,23,52-53,55-59,61-62H,3-20,22,24-51H2,1-2H3,(H,63,64,65)/b23-21-. The second kappa shape index (κ2) is 49.7. The lowest BCUT2D eigenvalue weighted by atomic mass is 9.99. The first kappa shape index (κ1) is 67.9. The first-order valence-electron chi connectivity index (χ1n) is 29.9. The third-order valence-corrected chi connectivity index (χ3v) is 14.6. The molecule has 0 aromatic rings. The number of aliphatic hydroxyl groups excluding tert-OH is 3. The highest BCUT2D eigenvalue weighted by molar-refractivity contribution is 7.80. The van der Waals surface area contributed by atoms with E-state index in [9.17, 15) is 33.1 Å². The number of hydrogen-bond acceptors (Lipinski definition) is 11. The van der Waals surface area contributed by atoms with Crippen molar-refractivity contribution in [3.63, 3.8) is 0 Å². The monoisotopic (exact) mass is 1030 g/mol. The predicted octanol–water partition coefficient (Wildman–Crippen LogP) is 14.9. The summed E-state index contributed by atoms with van der Waals surface area (Å²) in [4.78, 5) is 13.0. The summed E-state index contributed by atoms with van der Waals surface area (Å²) in [6.45, 7) is 4.07. The molecule has 4 N–H and O–H groups in total. The zero-order valence-corrected chi connectivity index (χ0v) is 46.6. The number of carbonyl (C=O) groups excluding carboxylic acids is 1. The van der Waals surface area contributed by atoms with Crippen molar-refractivity contribution in [2.24, 2.45) is 0 Å². The number of unbranched alkanes of at least 4 members (excludes halogenated alkanes) is 39. The van der Waals surface area contributed by atoms with Gasteiger partial charge in [-0.2, -0.15) is 8.42 Å². The fourth-order valence-corrected chi connectivity index (χ4v) is 10.1. The molecular weight excluding hydrogens is 921 g/mol. The zero-order chi connectivity index (χ0) is 51.7. The third kappa shape index (κ3) is 42.7. The topological polar surface area (TPSA) is 178 Å². The van der Waals surface area contributed by atoms with Gasteiger partial charge in [0.25, 0.3) is 0 Å². The summed E-state index contributed by atoms with van der Waals surface area (Å²) in [7, 11) is -5.06. The van der Waals surface area contributed by atoms with Crippen molar-refractivity contribution in [1.82, 2.24) is 0 Å². The molecule has 1 aliphatic rings. The second-order valence-electron chi connectivity index (χ2n) is 20.9. The van der Waals surface area contributed by atoms with Gasteiger partial charge in [0.05, 0.1) is 19.8 Å². The highest BCUT2D eigenvalue weighted by Crippen LogP contribution is 2.26. The molecule has 6 unspecified atom stereocenters. The van der Waals surface area contributed by atoms with Crippen LogP contribution >= 0.6 is 0 Å². The molecule has 0 amide bonds. The van der Waals surface area contributed by atoms with Gasteiger partial charge in [-0.25, -0.2) is 4.18 Å². The second-order valence-corrected chi connectivity index (χ2v) is 22.0. The Balaban J connectivity index is 2.25. The van der Waals surface area contributed by atoms with E-state index in [2.05, 4.69) is 30.2 Å². The quantitative estimate of drug-likeness (QED) is 0.0196. The van der Waals surface area contributed by atoms with Crippen LogP contribution in [0.2, 0.25) is 0 Å². The van der Waals surface area contributed by atoms with Crippen molar-refractivity contribution in [3.05, 3.63) is 12.2 Å². The van der Waals surface area contributed by atoms with E-state index in [-0.39, 0.29) is 19.6 Å². The molecule has 0 aromatic heterocycles. The molecule has 1 rings (SSSR count). The van der Waals surface area contributed by atoms with Gasteiger partial charge in [-0.3, -0.25) is 9.35 Å². The molecule has 0 radical (unpaired) electrons.